The van der Waals surface area contributed by atoms with Crippen molar-refractivity contribution < 1.29 is 14.4 Å². The SMILES string of the molecule is CCC1(C)NC(=O)N(CC(=O)N(CCc2ccccc2)Cc2ccc(C)s2)C1=O. The average Bonchev–Trinajstić information content (AvgIpc) is 3.22. The van der Waals surface area contributed by atoms with Crippen molar-refractivity contribution in [2.45, 2.75) is 45.7 Å². The number of carbonyl (C=O) groups excluding carboxylic acids is 3. The van der Waals surface area contributed by atoms with Crippen molar-refractivity contribution in [1.29, 1.82) is 0 Å². The molecular formula is C22H27N3O3S. The first-order chi connectivity index (χ1) is 13.8. The molecule has 1 aromatic heterocycles. The molecule has 29 heavy (non-hydrogen) atoms. The van der Waals surface area contributed by atoms with Crippen LogP contribution in [0.25, 0.3) is 0 Å². The fraction of sp³-hybridized carbons (Fsp3) is 0.409. The largest absolute Gasteiger partial charge is 0.336 e. The normalized spacial score (nSPS) is 18.8. The minimum Gasteiger partial charge on any atom is -0.336 e. The van der Waals surface area contributed by atoms with Crippen LogP contribution in [-0.2, 0) is 22.6 Å². The summed E-state index contributed by atoms with van der Waals surface area (Å²) in [6, 6.07) is 13.5. The molecule has 1 saturated heterocycles. The molecule has 1 unspecified atom stereocenters. The van der Waals surface area contributed by atoms with Crippen LogP contribution in [0.3, 0.4) is 0 Å². The fourth-order valence-electron chi connectivity index (χ4n) is 3.32. The Morgan fingerprint density at radius 2 is 1.90 bits per heavy atom. The van der Waals surface area contributed by atoms with Crippen molar-refractivity contribution in [2.24, 2.45) is 0 Å². The summed E-state index contributed by atoms with van der Waals surface area (Å²) in [4.78, 5) is 43.0. The van der Waals surface area contributed by atoms with E-state index in [1.807, 2.05) is 56.3 Å². The summed E-state index contributed by atoms with van der Waals surface area (Å²) in [5.41, 5.74) is 0.207. The molecular weight excluding hydrogens is 386 g/mol. The molecule has 1 aliphatic rings. The van der Waals surface area contributed by atoms with E-state index >= 15 is 0 Å². The van der Waals surface area contributed by atoms with E-state index < -0.39 is 11.6 Å². The minimum atomic E-state index is -0.933. The molecule has 0 aliphatic carbocycles. The number of nitrogens with zero attached hydrogens (tertiary/aromatic N) is 2. The van der Waals surface area contributed by atoms with Gasteiger partial charge >= 0.3 is 6.03 Å². The molecule has 2 heterocycles. The fourth-order valence-corrected chi connectivity index (χ4v) is 4.23. The van der Waals surface area contributed by atoms with Crippen LogP contribution in [0.2, 0.25) is 0 Å². The van der Waals surface area contributed by atoms with E-state index in [1.165, 1.54) is 4.88 Å². The van der Waals surface area contributed by atoms with Crippen LogP contribution in [0.15, 0.2) is 42.5 Å². The van der Waals surface area contributed by atoms with Crippen LogP contribution in [0.5, 0.6) is 0 Å². The number of hydrogen-bond donors (Lipinski definition) is 1. The van der Waals surface area contributed by atoms with Gasteiger partial charge < -0.3 is 10.2 Å². The molecule has 6 nitrogen and oxygen atoms in total. The lowest BCUT2D eigenvalue weighted by Crippen LogP contribution is -2.45. The molecule has 1 fully saturated rings. The Morgan fingerprint density at radius 3 is 2.48 bits per heavy atom. The summed E-state index contributed by atoms with van der Waals surface area (Å²) in [6.07, 6.45) is 1.19. The third-order valence-corrected chi connectivity index (χ3v) is 6.34. The van der Waals surface area contributed by atoms with Crippen LogP contribution >= 0.6 is 11.3 Å². The Hall–Kier alpha value is -2.67. The number of urea groups is 1. The van der Waals surface area contributed by atoms with Crippen molar-refractivity contribution in [3.05, 3.63) is 57.8 Å². The second-order valence-corrected chi connectivity index (χ2v) is 8.94. The number of thiophene rings is 1. The van der Waals surface area contributed by atoms with Gasteiger partial charge in [-0.2, -0.15) is 0 Å². The smallest absolute Gasteiger partial charge is 0.325 e. The highest BCUT2D eigenvalue weighted by atomic mass is 32.1. The molecule has 1 atom stereocenters. The molecule has 1 aromatic carbocycles. The molecule has 0 radical (unpaired) electrons. The molecule has 7 heteroatoms. The van der Waals surface area contributed by atoms with Crippen molar-refractivity contribution in [3.8, 4) is 0 Å². The molecule has 3 rings (SSSR count). The standard InChI is InChI=1S/C22H27N3O3S/c1-4-22(3)20(27)25(21(28)23-22)15-19(26)24(14-18-11-10-16(2)29-18)13-12-17-8-6-5-7-9-17/h5-11H,4,12-15H2,1-3H3,(H,23,28). The maximum Gasteiger partial charge on any atom is 0.325 e. The Labute approximate surface area is 175 Å². The highest BCUT2D eigenvalue weighted by Crippen LogP contribution is 2.22. The van der Waals surface area contributed by atoms with Crippen LogP contribution in [0, 0.1) is 6.92 Å². The van der Waals surface area contributed by atoms with Gasteiger partial charge in [-0.1, -0.05) is 37.3 Å². The zero-order valence-electron chi connectivity index (χ0n) is 17.1. The number of nitrogens with one attached hydrogen (secondary N) is 1. The van der Waals surface area contributed by atoms with Gasteiger partial charge in [0.25, 0.3) is 5.91 Å². The van der Waals surface area contributed by atoms with Crippen LogP contribution in [-0.4, -0.2) is 46.3 Å². The lowest BCUT2D eigenvalue weighted by atomic mass is 9.99. The molecule has 1 N–H and O–H groups in total. The number of benzene rings is 1. The first kappa shape index (κ1) is 21.0. The van der Waals surface area contributed by atoms with E-state index in [2.05, 4.69) is 5.32 Å². The molecule has 0 bridgehead atoms. The second kappa shape index (κ2) is 8.78. The third kappa shape index (κ3) is 4.85. The van der Waals surface area contributed by atoms with Gasteiger partial charge in [-0.25, -0.2) is 4.79 Å². The highest BCUT2D eigenvalue weighted by molar-refractivity contribution is 7.11. The maximum absolute atomic E-state index is 13.1. The second-order valence-electron chi connectivity index (χ2n) is 7.57. The molecule has 2 aromatic rings. The lowest BCUT2D eigenvalue weighted by Gasteiger charge is -2.25. The monoisotopic (exact) mass is 413 g/mol. The molecule has 0 saturated carbocycles. The average molecular weight is 414 g/mol. The number of imide groups is 1. The number of aryl methyl sites for hydroxylation is 1. The first-order valence-corrected chi connectivity index (χ1v) is 10.6. The zero-order chi connectivity index (χ0) is 21.0. The summed E-state index contributed by atoms with van der Waals surface area (Å²) >= 11 is 1.65. The Balaban J connectivity index is 1.72. The van der Waals surface area contributed by atoms with Crippen molar-refractivity contribution in [3.63, 3.8) is 0 Å². The summed E-state index contributed by atoms with van der Waals surface area (Å²) in [6.45, 7) is 6.32. The lowest BCUT2D eigenvalue weighted by molar-refractivity contribution is -0.139. The third-order valence-electron chi connectivity index (χ3n) is 5.35. The quantitative estimate of drug-likeness (QED) is 0.675. The van der Waals surface area contributed by atoms with Crippen LogP contribution < -0.4 is 5.32 Å². The molecule has 154 valence electrons. The van der Waals surface area contributed by atoms with Gasteiger partial charge in [-0.15, -0.1) is 11.3 Å². The van der Waals surface area contributed by atoms with Gasteiger partial charge in [0.2, 0.25) is 5.91 Å². The highest BCUT2D eigenvalue weighted by Gasteiger charge is 2.47. The van der Waals surface area contributed by atoms with Crippen molar-refractivity contribution in [2.75, 3.05) is 13.1 Å². The topological polar surface area (TPSA) is 69.7 Å². The number of amides is 4. The summed E-state index contributed by atoms with van der Waals surface area (Å²) in [5, 5.41) is 2.70. The first-order valence-electron chi connectivity index (χ1n) is 9.83. The number of hydrogen-bond acceptors (Lipinski definition) is 4. The van der Waals surface area contributed by atoms with E-state index in [0.717, 1.165) is 15.3 Å². The minimum absolute atomic E-state index is 0.226. The van der Waals surface area contributed by atoms with Gasteiger partial charge in [-0.3, -0.25) is 14.5 Å². The van der Waals surface area contributed by atoms with Gasteiger partial charge in [0, 0.05) is 16.3 Å². The van der Waals surface area contributed by atoms with Crippen LogP contribution in [0.4, 0.5) is 4.79 Å². The molecule has 0 spiro atoms. The van der Waals surface area contributed by atoms with Crippen molar-refractivity contribution in [1.82, 2.24) is 15.1 Å². The van der Waals surface area contributed by atoms with Gasteiger partial charge in [0.05, 0.1) is 6.54 Å². The van der Waals surface area contributed by atoms with E-state index in [1.54, 1.807) is 23.2 Å². The molecule has 4 amide bonds. The van der Waals surface area contributed by atoms with E-state index in [4.69, 9.17) is 0 Å². The van der Waals surface area contributed by atoms with E-state index in [0.29, 0.717) is 25.9 Å². The number of rotatable bonds is 8. The van der Waals surface area contributed by atoms with E-state index in [9.17, 15) is 14.4 Å². The Morgan fingerprint density at radius 1 is 1.17 bits per heavy atom. The summed E-state index contributed by atoms with van der Waals surface area (Å²) < 4.78 is 0. The van der Waals surface area contributed by atoms with Gasteiger partial charge in [-0.05, 0) is 44.4 Å². The Kier molecular flexibility index (Phi) is 6.37. The van der Waals surface area contributed by atoms with E-state index in [-0.39, 0.29) is 18.4 Å². The molecule has 1 aliphatic heterocycles. The number of carbonyl (C=O) groups is 3. The van der Waals surface area contributed by atoms with Crippen LogP contribution in [0.1, 0.15) is 35.6 Å². The predicted molar refractivity (Wildman–Crippen MR) is 114 cm³/mol. The summed E-state index contributed by atoms with van der Waals surface area (Å²) in [7, 11) is 0. The Bertz CT molecular complexity index is 896. The van der Waals surface area contributed by atoms with Crippen molar-refractivity contribution >= 4 is 29.2 Å². The predicted octanol–water partition coefficient (Wildman–Crippen LogP) is 3.35. The van der Waals surface area contributed by atoms with Gasteiger partial charge in [0.1, 0.15) is 12.1 Å². The maximum atomic E-state index is 13.1. The van der Waals surface area contributed by atoms with Gasteiger partial charge in [0.15, 0.2) is 0 Å². The summed E-state index contributed by atoms with van der Waals surface area (Å²) in [5.74, 6) is -0.566. The zero-order valence-corrected chi connectivity index (χ0v) is 17.9.